The summed E-state index contributed by atoms with van der Waals surface area (Å²) in [5, 5.41) is 8.79. The van der Waals surface area contributed by atoms with Crippen LogP contribution in [-0.2, 0) is 25.6 Å². The molecule has 0 radical (unpaired) electrons. The highest BCUT2D eigenvalue weighted by Crippen LogP contribution is 2.30. The van der Waals surface area contributed by atoms with Crippen molar-refractivity contribution in [1.29, 1.82) is 0 Å². The number of amides is 4. The molecular weight excluding hydrogens is 610 g/mol. The Hall–Kier alpha value is -4.38. The van der Waals surface area contributed by atoms with Crippen molar-refractivity contribution >= 4 is 29.7 Å². The average molecular weight is 662 g/mol. The van der Waals surface area contributed by atoms with Crippen molar-refractivity contribution < 1.29 is 28.7 Å². The Morgan fingerprint density at radius 2 is 1.81 bits per heavy atom. The summed E-state index contributed by atoms with van der Waals surface area (Å²) in [6.45, 7) is 8.08. The SMILES string of the molecule is CCC(C)C1NC(=O)C2C(CCN2C(=O)C(CC(C)C)NC(=O)C(Cc2ccccc2)N(C)C)Oc2ccc(OC)c(c2)/C=C\NC1=O. The van der Waals surface area contributed by atoms with E-state index in [4.69, 9.17) is 9.47 Å². The van der Waals surface area contributed by atoms with Crippen molar-refractivity contribution in [3.8, 4) is 11.5 Å². The van der Waals surface area contributed by atoms with Gasteiger partial charge in [-0.2, -0.15) is 0 Å². The highest BCUT2D eigenvalue weighted by atomic mass is 16.5. The molecule has 2 aromatic carbocycles. The van der Waals surface area contributed by atoms with Gasteiger partial charge in [0.2, 0.25) is 23.6 Å². The molecule has 4 amide bonds. The summed E-state index contributed by atoms with van der Waals surface area (Å²) < 4.78 is 11.9. The molecule has 0 spiro atoms. The normalized spacial score (nSPS) is 22.1. The van der Waals surface area contributed by atoms with E-state index in [1.807, 2.05) is 77.0 Å². The Kier molecular flexibility index (Phi) is 12.6. The number of rotatable bonds is 11. The minimum atomic E-state index is -1.03. The molecule has 11 nitrogen and oxygen atoms in total. The predicted octanol–water partition coefficient (Wildman–Crippen LogP) is 3.38. The Morgan fingerprint density at radius 1 is 1.08 bits per heavy atom. The van der Waals surface area contributed by atoms with Crippen molar-refractivity contribution in [1.82, 2.24) is 25.8 Å². The number of hydrogen-bond donors (Lipinski definition) is 3. The van der Waals surface area contributed by atoms with Crippen LogP contribution in [0.15, 0.2) is 54.7 Å². The van der Waals surface area contributed by atoms with Crippen LogP contribution < -0.4 is 25.4 Å². The smallest absolute Gasteiger partial charge is 0.247 e. The van der Waals surface area contributed by atoms with E-state index in [0.29, 0.717) is 42.7 Å². The standard InChI is InChI=1S/C37H51N5O6/c1-8-24(4)32-35(44)38-18-16-26-22-27(14-15-30(26)47-7)48-31-17-19-42(33(31)36(45)40-32)37(46)28(20-23(2)3)39-34(43)29(41(5)6)21-25-12-10-9-11-13-25/h9-16,18,22-24,28-29,31-33H,8,17,19-21H2,1-7H3,(H,38,44)(H,39,43)(H,40,45)/b18-16-. The van der Waals surface area contributed by atoms with E-state index in [1.54, 1.807) is 31.4 Å². The van der Waals surface area contributed by atoms with Gasteiger partial charge < -0.3 is 30.3 Å². The molecule has 0 saturated carbocycles. The summed E-state index contributed by atoms with van der Waals surface area (Å²) in [5.74, 6) is -0.480. The van der Waals surface area contributed by atoms with Gasteiger partial charge in [-0.3, -0.25) is 24.1 Å². The first-order chi connectivity index (χ1) is 22.9. The van der Waals surface area contributed by atoms with Crippen LogP contribution in [0.3, 0.4) is 0 Å². The minimum absolute atomic E-state index is 0.0819. The monoisotopic (exact) mass is 661 g/mol. The van der Waals surface area contributed by atoms with E-state index in [1.165, 1.54) is 11.1 Å². The molecule has 260 valence electrons. The van der Waals surface area contributed by atoms with Gasteiger partial charge in [0.05, 0.1) is 13.2 Å². The lowest BCUT2D eigenvalue weighted by molar-refractivity contribution is -0.144. The summed E-state index contributed by atoms with van der Waals surface area (Å²) in [6.07, 6.45) is 4.45. The zero-order valence-corrected chi connectivity index (χ0v) is 29.2. The maximum Gasteiger partial charge on any atom is 0.247 e. The van der Waals surface area contributed by atoms with Crippen molar-refractivity contribution in [2.24, 2.45) is 11.8 Å². The van der Waals surface area contributed by atoms with Gasteiger partial charge in [0.1, 0.15) is 35.7 Å². The fraction of sp³-hybridized carbons (Fsp3) is 0.514. The highest BCUT2D eigenvalue weighted by Gasteiger charge is 2.46. The zero-order chi connectivity index (χ0) is 35.0. The number of carbonyl (C=O) groups excluding carboxylic acids is 4. The molecule has 2 aromatic rings. The second-order valence-electron chi connectivity index (χ2n) is 13.4. The van der Waals surface area contributed by atoms with Crippen LogP contribution in [0.2, 0.25) is 0 Å². The van der Waals surface area contributed by atoms with Gasteiger partial charge in [-0.1, -0.05) is 64.4 Å². The molecule has 0 aliphatic carbocycles. The molecule has 1 saturated heterocycles. The van der Waals surface area contributed by atoms with Crippen molar-refractivity contribution in [2.75, 3.05) is 27.7 Å². The lowest BCUT2D eigenvalue weighted by atomic mass is 9.97. The summed E-state index contributed by atoms with van der Waals surface area (Å²) in [6, 6.07) is 11.8. The van der Waals surface area contributed by atoms with E-state index < -0.39 is 36.2 Å². The number of nitrogens with zero attached hydrogens (tertiary/aromatic N) is 2. The lowest BCUT2D eigenvalue weighted by Crippen LogP contribution is -2.60. The molecule has 4 rings (SSSR count). The Labute approximate surface area is 284 Å². The second kappa shape index (κ2) is 16.6. The number of carbonyl (C=O) groups is 4. The minimum Gasteiger partial charge on any atom is -0.496 e. The van der Waals surface area contributed by atoms with Crippen LogP contribution in [0.25, 0.3) is 6.08 Å². The molecule has 2 bridgehead atoms. The van der Waals surface area contributed by atoms with Gasteiger partial charge in [-0.25, -0.2) is 0 Å². The average Bonchev–Trinajstić information content (AvgIpc) is 3.48. The fourth-order valence-corrected chi connectivity index (χ4v) is 6.29. The summed E-state index contributed by atoms with van der Waals surface area (Å²) in [5.41, 5.74) is 1.69. The molecule has 48 heavy (non-hydrogen) atoms. The van der Waals surface area contributed by atoms with Gasteiger partial charge in [-0.05, 0) is 68.6 Å². The first-order valence-electron chi connectivity index (χ1n) is 16.9. The summed E-state index contributed by atoms with van der Waals surface area (Å²) in [4.78, 5) is 59.2. The predicted molar refractivity (Wildman–Crippen MR) is 185 cm³/mol. The third-order valence-corrected chi connectivity index (χ3v) is 9.18. The highest BCUT2D eigenvalue weighted by molar-refractivity contribution is 5.96. The van der Waals surface area contributed by atoms with Gasteiger partial charge in [0.15, 0.2) is 0 Å². The second-order valence-corrected chi connectivity index (χ2v) is 13.4. The molecule has 6 unspecified atom stereocenters. The number of fused-ring (bicyclic) bond motifs is 3. The van der Waals surface area contributed by atoms with Crippen LogP contribution in [-0.4, -0.2) is 91.4 Å². The molecule has 0 aromatic heterocycles. The summed E-state index contributed by atoms with van der Waals surface area (Å²) in [7, 11) is 5.25. The fourth-order valence-electron chi connectivity index (χ4n) is 6.29. The molecular formula is C37H51N5O6. The van der Waals surface area contributed by atoms with E-state index in [-0.39, 0.29) is 36.1 Å². The molecule has 3 N–H and O–H groups in total. The van der Waals surface area contributed by atoms with Crippen LogP contribution in [0.4, 0.5) is 0 Å². The van der Waals surface area contributed by atoms with Crippen molar-refractivity contribution in [3.05, 3.63) is 65.9 Å². The van der Waals surface area contributed by atoms with E-state index in [2.05, 4.69) is 16.0 Å². The number of nitrogens with one attached hydrogen (secondary N) is 3. The molecule has 2 heterocycles. The Morgan fingerprint density at radius 3 is 2.46 bits per heavy atom. The first kappa shape index (κ1) is 36.5. The molecule has 6 atom stereocenters. The van der Waals surface area contributed by atoms with Gasteiger partial charge in [0.25, 0.3) is 0 Å². The third-order valence-electron chi connectivity index (χ3n) is 9.18. The number of benzene rings is 2. The van der Waals surface area contributed by atoms with E-state index >= 15 is 0 Å². The van der Waals surface area contributed by atoms with E-state index in [9.17, 15) is 19.2 Å². The lowest BCUT2D eigenvalue weighted by Gasteiger charge is -2.33. The molecule has 2 aliphatic rings. The van der Waals surface area contributed by atoms with Crippen molar-refractivity contribution in [3.63, 3.8) is 0 Å². The van der Waals surface area contributed by atoms with Crippen LogP contribution in [0.1, 0.15) is 58.1 Å². The topological polar surface area (TPSA) is 129 Å². The number of likely N-dealkylation sites (N-methyl/N-ethyl adjacent to an activating group) is 1. The number of methoxy groups -OCH3 is 1. The maximum atomic E-state index is 14.4. The number of hydrogen-bond acceptors (Lipinski definition) is 7. The molecule has 2 aliphatic heterocycles. The van der Waals surface area contributed by atoms with Crippen LogP contribution in [0.5, 0.6) is 11.5 Å². The molecule has 11 heteroatoms. The number of ether oxygens (including phenoxy) is 2. The van der Waals surface area contributed by atoms with Crippen LogP contribution >= 0.6 is 0 Å². The zero-order valence-electron chi connectivity index (χ0n) is 29.2. The summed E-state index contributed by atoms with van der Waals surface area (Å²) >= 11 is 0. The van der Waals surface area contributed by atoms with Crippen molar-refractivity contribution in [2.45, 2.75) is 83.6 Å². The van der Waals surface area contributed by atoms with Crippen LogP contribution in [0, 0.1) is 11.8 Å². The van der Waals surface area contributed by atoms with E-state index in [0.717, 1.165) is 5.56 Å². The maximum absolute atomic E-state index is 14.4. The number of likely N-dealkylation sites (tertiary alicyclic amines) is 1. The van der Waals surface area contributed by atoms with Gasteiger partial charge in [-0.15, -0.1) is 0 Å². The van der Waals surface area contributed by atoms with Gasteiger partial charge >= 0.3 is 0 Å². The Balaban J connectivity index is 1.67. The largest absolute Gasteiger partial charge is 0.496 e. The first-order valence-corrected chi connectivity index (χ1v) is 16.9. The third kappa shape index (κ3) is 8.94. The molecule has 1 fully saturated rings. The Bertz CT molecular complexity index is 1460. The van der Waals surface area contributed by atoms with Gasteiger partial charge in [0, 0.05) is 24.7 Å². The quantitative estimate of drug-likeness (QED) is 0.337.